The molecule has 1 heterocycles. The monoisotopic (exact) mass is 317 g/mol. The Balaban J connectivity index is 1.96. The van der Waals surface area contributed by atoms with Crippen LogP contribution in [0.2, 0.25) is 0 Å². The zero-order chi connectivity index (χ0) is 12.4. The number of aliphatic carboxylic acids is 1. The van der Waals surface area contributed by atoms with Crippen molar-refractivity contribution in [3.63, 3.8) is 0 Å². The van der Waals surface area contributed by atoms with Crippen molar-refractivity contribution in [2.75, 3.05) is 0 Å². The maximum atomic E-state index is 11.8. The van der Waals surface area contributed by atoms with Gasteiger partial charge in [0, 0.05) is 5.38 Å². The first-order chi connectivity index (χ1) is 8.06. The predicted octanol–water partition coefficient (Wildman–Crippen LogP) is 2.49. The fourth-order valence-corrected chi connectivity index (χ4v) is 2.72. The summed E-state index contributed by atoms with van der Waals surface area (Å²) < 4.78 is 0.858. The molecule has 6 heteroatoms. The van der Waals surface area contributed by atoms with E-state index in [-0.39, 0.29) is 5.91 Å². The lowest BCUT2D eigenvalue weighted by Crippen LogP contribution is -2.41. The minimum absolute atomic E-state index is 0.319. The minimum Gasteiger partial charge on any atom is -0.480 e. The summed E-state index contributed by atoms with van der Waals surface area (Å²) in [5, 5.41) is 13.3. The van der Waals surface area contributed by atoms with Gasteiger partial charge in [0.25, 0.3) is 5.91 Å². The van der Waals surface area contributed by atoms with Crippen molar-refractivity contribution in [3.8, 4) is 0 Å². The van der Waals surface area contributed by atoms with Crippen molar-refractivity contribution in [2.45, 2.75) is 25.3 Å². The average molecular weight is 318 g/mol. The van der Waals surface area contributed by atoms with E-state index in [1.165, 1.54) is 11.3 Å². The molecule has 17 heavy (non-hydrogen) atoms. The zero-order valence-electron chi connectivity index (χ0n) is 8.98. The molecule has 1 aromatic heterocycles. The van der Waals surface area contributed by atoms with Crippen molar-refractivity contribution in [3.05, 3.63) is 20.8 Å². The van der Waals surface area contributed by atoms with E-state index >= 15 is 0 Å². The number of rotatable bonds is 5. The number of carboxylic acids is 1. The Hall–Kier alpha value is -0.880. The molecule has 1 saturated carbocycles. The highest BCUT2D eigenvalue weighted by atomic mass is 79.9. The third-order valence-electron chi connectivity index (χ3n) is 2.70. The molecule has 4 nitrogen and oxygen atoms in total. The van der Waals surface area contributed by atoms with Gasteiger partial charge in [0.2, 0.25) is 0 Å². The van der Waals surface area contributed by atoms with Crippen LogP contribution < -0.4 is 5.32 Å². The number of thiophene rings is 1. The highest BCUT2D eigenvalue weighted by Crippen LogP contribution is 2.33. The molecule has 1 unspecified atom stereocenters. The SMILES string of the molecule is O=C(NC(CC1CC1)C(=O)O)c1csc(Br)c1. The van der Waals surface area contributed by atoms with Crippen LogP contribution in [0.3, 0.4) is 0 Å². The smallest absolute Gasteiger partial charge is 0.326 e. The topological polar surface area (TPSA) is 66.4 Å². The Morgan fingerprint density at radius 3 is 2.76 bits per heavy atom. The van der Waals surface area contributed by atoms with E-state index in [1.54, 1.807) is 11.4 Å². The lowest BCUT2D eigenvalue weighted by Gasteiger charge is -2.13. The largest absolute Gasteiger partial charge is 0.480 e. The second-order valence-corrected chi connectivity index (χ2v) is 6.47. The second-order valence-electron chi connectivity index (χ2n) is 4.18. The fourth-order valence-electron chi connectivity index (χ4n) is 1.58. The maximum absolute atomic E-state index is 11.8. The molecular weight excluding hydrogens is 306 g/mol. The number of hydrogen-bond acceptors (Lipinski definition) is 3. The van der Waals surface area contributed by atoms with Gasteiger partial charge < -0.3 is 10.4 Å². The summed E-state index contributed by atoms with van der Waals surface area (Å²) in [6.07, 6.45) is 2.68. The lowest BCUT2D eigenvalue weighted by molar-refractivity contribution is -0.139. The van der Waals surface area contributed by atoms with Gasteiger partial charge in [0.15, 0.2) is 0 Å². The molecule has 1 aromatic rings. The molecule has 0 aromatic carbocycles. The van der Waals surface area contributed by atoms with Crippen LogP contribution in [0.15, 0.2) is 15.2 Å². The Kier molecular flexibility index (Phi) is 3.83. The summed E-state index contributed by atoms with van der Waals surface area (Å²) in [5.74, 6) is -0.815. The van der Waals surface area contributed by atoms with Crippen LogP contribution >= 0.6 is 27.3 Å². The first-order valence-electron chi connectivity index (χ1n) is 5.34. The van der Waals surface area contributed by atoms with E-state index in [0.717, 1.165) is 16.6 Å². The van der Waals surface area contributed by atoms with Crippen molar-refractivity contribution >= 4 is 39.1 Å². The quantitative estimate of drug-likeness (QED) is 0.876. The first kappa shape index (κ1) is 12.6. The molecule has 1 atom stereocenters. The van der Waals surface area contributed by atoms with Gasteiger partial charge in [-0.15, -0.1) is 11.3 Å². The van der Waals surface area contributed by atoms with Crippen molar-refractivity contribution in [1.82, 2.24) is 5.32 Å². The third kappa shape index (κ3) is 3.54. The summed E-state index contributed by atoms with van der Waals surface area (Å²) >= 11 is 4.67. The van der Waals surface area contributed by atoms with Crippen LogP contribution in [-0.4, -0.2) is 23.0 Å². The lowest BCUT2D eigenvalue weighted by atomic mass is 10.1. The van der Waals surface area contributed by atoms with Gasteiger partial charge in [0.1, 0.15) is 6.04 Å². The molecule has 0 radical (unpaired) electrons. The highest BCUT2D eigenvalue weighted by Gasteiger charge is 2.30. The molecule has 0 aliphatic heterocycles. The molecular formula is C11H12BrNO3S. The normalized spacial score (nSPS) is 16.5. The van der Waals surface area contributed by atoms with Crippen LogP contribution in [0.5, 0.6) is 0 Å². The van der Waals surface area contributed by atoms with E-state index in [4.69, 9.17) is 5.11 Å². The van der Waals surface area contributed by atoms with Crippen LogP contribution in [0, 0.1) is 5.92 Å². The zero-order valence-corrected chi connectivity index (χ0v) is 11.4. The molecule has 2 N–H and O–H groups in total. The molecule has 1 aliphatic carbocycles. The minimum atomic E-state index is -0.959. The van der Waals surface area contributed by atoms with Crippen LogP contribution in [0.25, 0.3) is 0 Å². The number of halogens is 1. The van der Waals surface area contributed by atoms with Crippen molar-refractivity contribution < 1.29 is 14.7 Å². The summed E-state index contributed by atoms with van der Waals surface area (Å²) in [7, 11) is 0. The molecule has 0 bridgehead atoms. The Labute approximate surface area is 111 Å². The highest BCUT2D eigenvalue weighted by molar-refractivity contribution is 9.11. The van der Waals surface area contributed by atoms with E-state index in [2.05, 4.69) is 21.2 Å². The molecule has 2 rings (SSSR count). The fraction of sp³-hybridized carbons (Fsp3) is 0.455. The van der Waals surface area contributed by atoms with E-state index in [9.17, 15) is 9.59 Å². The molecule has 0 saturated heterocycles. The summed E-state index contributed by atoms with van der Waals surface area (Å²) in [5.41, 5.74) is 0.504. The summed E-state index contributed by atoms with van der Waals surface area (Å²) in [6.45, 7) is 0. The van der Waals surface area contributed by atoms with E-state index < -0.39 is 12.0 Å². The van der Waals surface area contributed by atoms with Gasteiger partial charge in [-0.05, 0) is 34.3 Å². The second kappa shape index (κ2) is 5.18. The van der Waals surface area contributed by atoms with E-state index in [1.807, 2.05) is 0 Å². The van der Waals surface area contributed by atoms with Gasteiger partial charge in [-0.1, -0.05) is 12.8 Å². The molecule has 1 aliphatic rings. The standard InChI is InChI=1S/C11H12BrNO3S/c12-9-4-7(5-17-9)10(14)13-8(11(15)16)3-6-1-2-6/h4-6,8H,1-3H2,(H,13,14)(H,15,16). The Morgan fingerprint density at radius 1 is 1.59 bits per heavy atom. The average Bonchev–Trinajstić information content (AvgIpc) is 2.97. The Morgan fingerprint density at radius 2 is 2.29 bits per heavy atom. The number of carbonyl (C=O) groups excluding carboxylic acids is 1. The summed E-state index contributed by atoms with van der Waals surface area (Å²) in [4.78, 5) is 22.8. The number of hydrogen-bond donors (Lipinski definition) is 2. The predicted molar refractivity (Wildman–Crippen MR) is 68.3 cm³/mol. The van der Waals surface area contributed by atoms with Gasteiger partial charge in [-0.2, -0.15) is 0 Å². The molecule has 1 fully saturated rings. The van der Waals surface area contributed by atoms with Gasteiger partial charge >= 0.3 is 5.97 Å². The van der Waals surface area contributed by atoms with Crippen molar-refractivity contribution in [2.24, 2.45) is 5.92 Å². The third-order valence-corrected chi connectivity index (χ3v) is 4.20. The number of carboxylic acid groups (broad SMARTS) is 1. The van der Waals surface area contributed by atoms with Gasteiger partial charge in [-0.3, -0.25) is 4.79 Å². The molecule has 92 valence electrons. The van der Waals surface area contributed by atoms with Crippen LogP contribution in [-0.2, 0) is 4.79 Å². The van der Waals surface area contributed by atoms with Crippen LogP contribution in [0.4, 0.5) is 0 Å². The first-order valence-corrected chi connectivity index (χ1v) is 7.01. The summed E-state index contributed by atoms with van der Waals surface area (Å²) in [6, 6.07) is 0.921. The number of nitrogens with one attached hydrogen (secondary N) is 1. The number of amides is 1. The maximum Gasteiger partial charge on any atom is 0.326 e. The van der Waals surface area contributed by atoms with Crippen LogP contribution in [0.1, 0.15) is 29.6 Å². The molecule has 1 amide bonds. The number of carbonyl (C=O) groups is 2. The van der Waals surface area contributed by atoms with Crippen molar-refractivity contribution in [1.29, 1.82) is 0 Å². The van der Waals surface area contributed by atoms with Gasteiger partial charge in [0.05, 0.1) is 9.35 Å². The van der Waals surface area contributed by atoms with Gasteiger partial charge in [-0.25, -0.2) is 4.79 Å². The Bertz CT molecular complexity index is 442. The molecule has 0 spiro atoms. The van der Waals surface area contributed by atoms with E-state index in [0.29, 0.717) is 17.9 Å².